The molecule has 0 aliphatic carbocycles. The number of methoxy groups -OCH3 is 1. The van der Waals surface area contributed by atoms with Gasteiger partial charge in [-0.3, -0.25) is 0 Å². The average Bonchev–Trinajstić information content (AvgIpc) is 2.69. The van der Waals surface area contributed by atoms with E-state index in [1.54, 1.807) is 0 Å². The number of carbonyl (C=O) groups is 2. The first-order valence-electron chi connectivity index (χ1n) is 9.43. The maximum Gasteiger partial charge on any atom is 0.340 e. The van der Waals surface area contributed by atoms with Crippen LogP contribution in [0, 0.1) is 5.82 Å². The van der Waals surface area contributed by atoms with E-state index in [4.69, 9.17) is 9.47 Å². The summed E-state index contributed by atoms with van der Waals surface area (Å²) in [4.78, 5) is 25.7. The van der Waals surface area contributed by atoms with Gasteiger partial charge in [0.15, 0.2) is 0 Å². The van der Waals surface area contributed by atoms with Crippen molar-refractivity contribution in [1.29, 1.82) is 0 Å². The van der Waals surface area contributed by atoms with Gasteiger partial charge in [0.1, 0.15) is 11.4 Å². The van der Waals surface area contributed by atoms with Crippen molar-refractivity contribution in [2.45, 2.75) is 59.0 Å². The average molecular weight is 374 g/mol. The smallest absolute Gasteiger partial charge is 0.340 e. The van der Waals surface area contributed by atoms with Crippen LogP contribution in [0.15, 0.2) is 41.0 Å². The molecule has 0 radical (unpaired) electrons. The highest BCUT2D eigenvalue weighted by atomic mass is 19.1. The molecule has 0 aromatic heterocycles. The molecule has 0 bridgehead atoms. The Morgan fingerprint density at radius 2 is 1.67 bits per heavy atom. The number of carbonyl (C=O) groups excluding carboxylic acids is 2. The van der Waals surface area contributed by atoms with Gasteiger partial charge < -0.3 is 9.47 Å². The van der Waals surface area contributed by atoms with Gasteiger partial charge in [-0.25, -0.2) is 14.0 Å². The summed E-state index contributed by atoms with van der Waals surface area (Å²) in [5.41, 5.74) is 1.98. The highest BCUT2D eigenvalue weighted by Gasteiger charge is 2.43. The summed E-state index contributed by atoms with van der Waals surface area (Å²) >= 11 is 0. The molecule has 146 valence electrons. The van der Waals surface area contributed by atoms with Gasteiger partial charge >= 0.3 is 11.9 Å². The van der Waals surface area contributed by atoms with Crippen LogP contribution in [0.2, 0.25) is 0 Å². The summed E-state index contributed by atoms with van der Waals surface area (Å²) in [5, 5.41) is 0. The second kappa shape index (κ2) is 8.51. The Bertz CT molecular complexity index is 783. The van der Waals surface area contributed by atoms with Crippen LogP contribution < -0.4 is 0 Å². The molecule has 0 fully saturated rings. The molecule has 0 N–H and O–H groups in total. The van der Waals surface area contributed by atoms with Crippen molar-refractivity contribution in [2.24, 2.45) is 0 Å². The van der Waals surface area contributed by atoms with Crippen molar-refractivity contribution in [3.8, 4) is 0 Å². The largest absolute Gasteiger partial charge is 0.465 e. The lowest BCUT2D eigenvalue weighted by Crippen LogP contribution is -2.42. The summed E-state index contributed by atoms with van der Waals surface area (Å²) in [6.45, 7) is 7.97. The lowest BCUT2D eigenvalue weighted by molar-refractivity contribution is -0.153. The maximum atomic E-state index is 13.4. The van der Waals surface area contributed by atoms with Crippen molar-refractivity contribution in [3.63, 3.8) is 0 Å². The number of benzene rings is 1. The predicted molar refractivity (Wildman–Crippen MR) is 102 cm³/mol. The van der Waals surface area contributed by atoms with Crippen molar-refractivity contribution < 1.29 is 23.5 Å². The molecular formula is C22H27FO4. The second-order valence-electron chi connectivity index (χ2n) is 6.50. The molecule has 1 heterocycles. The first-order chi connectivity index (χ1) is 12.9. The van der Waals surface area contributed by atoms with E-state index in [1.165, 1.54) is 31.4 Å². The van der Waals surface area contributed by atoms with Crippen molar-refractivity contribution in [2.75, 3.05) is 7.11 Å². The number of hydrogen-bond donors (Lipinski definition) is 0. The number of ether oxygens (including phenoxy) is 2. The first-order valence-corrected chi connectivity index (χ1v) is 9.43. The van der Waals surface area contributed by atoms with E-state index >= 15 is 0 Å². The summed E-state index contributed by atoms with van der Waals surface area (Å²) in [5.74, 6) is -1.59. The highest BCUT2D eigenvalue weighted by Crippen LogP contribution is 2.44. The molecule has 5 heteroatoms. The molecular weight excluding hydrogens is 347 g/mol. The zero-order valence-electron chi connectivity index (χ0n) is 16.6. The Morgan fingerprint density at radius 3 is 2.11 bits per heavy atom. The molecule has 0 spiro atoms. The first kappa shape index (κ1) is 20.9. The van der Waals surface area contributed by atoms with Gasteiger partial charge in [0.2, 0.25) is 0 Å². The number of esters is 2. The minimum absolute atomic E-state index is 0.117. The molecule has 1 aliphatic heterocycles. The summed E-state index contributed by atoms with van der Waals surface area (Å²) in [6, 6.07) is 5.46. The molecule has 0 saturated heterocycles. The van der Waals surface area contributed by atoms with Crippen LogP contribution in [-0.4, -0.2) is 24.6 Å². The third-order valence-corrected chi connectivity index (χ3v) is 5.33. The molecule has 2 rings (SSSR count). The van der Waals surface area contributed by atoms with Crippen molar-refractivity contribution in [1.82, 2.24) is 0 Å². The second-order valence-corrected chi connectivity index (χ2v) is 6.50. The Morgan fingerprint density at radius 1 is 1.07 bits per heavy atom. The van der Waals surface area contributed by atoms with Gasteiger partial charge in [-0.1, -0.05) is 39.8 Å². The minimum Gasteiger partial charge on any atom is -0.465 e. The summed E-state index contributed by atoms with van der Waals surface area (Å²) in [6.07, 6.45) is 2.62. The number of halogens is 1. The minimum atomic E-state index is -0.648. The third kappa shape index (κ3) is 3.68. The quantitative estimate of drug-likeness (QED) is 0.520. The summed E-state index contributed by atoms with van der Waals surface area (Å²) in [7, 11) is 1.26. The fraction of sp³-hybridized carbons (Fsp3) is 0.455. The van der Waals surface area contributed by atoms with Crippen molar-refractivity contribution in [3.05, 3.63) is 52.4 Å². The summed E-state index contributed by atoms with van der Waals surface area (Å²) < 4.78 is 24.2. The molecule has 0 saturated carbocycles. The molecule has 27 heavy (non-hydrogen) atoms. The molecule has 0 atom stereocenters. The van der Waals surface area contributed by atoms with Crippen LogP contribution in [0.5, 0.6) is 0 Å². The van der Waals surface area contributed by atoms with Crippen LogP contribution in [0.4, 0.5) is 4.39 Å². The third-order valence-electron chi connectivity index (χ3n) is 5.33. The zero-order chi connectivity index (χ0) is 20.2. The van der Waals surface area contributed by atoms with E-state index in [0.717, 1.165) is 11.1 Å². The van der Waals surface area contributed by atoms with Crippen LogP contribution in [0.3, 0.4) is 0 Å². The lowest BCUT2D eigenvalue weighted by atomic mass is 9.76. The topological polar surface area (TPSA) is 52.6 Å². The Balaban J connectivity index is 2.88. The molecule has 1 aromatic rings. The lowest BCUT2D eigenvalue weighted by Gasteiger charge is -2.40. The SMILES string of the molecule is CCC1=C(CC)C(CC)(CC)OC(=O)/C1=C(/C(=O)OC)c1ccc(F)cc1. The maximum absolute atomic E-state index is 13.4. The van der Waals surface area contributed by atoms with Crippen LogP contribution in [0.1, 0.15) is 58.9 Å². The normalized spacial score (nSPS) is 18.2. The molecule has 4 nitrogen and oxygen atoms in total. The van der Waals surface area contributed by atoms with E-state index in [2.05, 4.69) is 0 Å². The fourth-order valence-corrected chi connectivity index (χ4v) is 3.92. The van der Waals surface area contributed by atoms with Gasteiger partial charge in [0, 0.05) is 0 Å². The Hall–Kier alpha value is -2.43. The van der Waals surface area contributed by atoms with E-state index in [1.807, 2.05) is 27.7 Å². The number of hydrogen-bond acceptors (Lipinski definition) is 4. The molecule has 1 aliphatic rings. The van der Waals surface area contributed by atoms with E-state index in [-0.39, 0.29) is 11.1 Å². The predicted octanol–water partition coefficient (Wildman–Crippen LogP) is 4.98. The van der Waals surface area contributed by atoms with Crippen molar-refractivity contribution >= 4 is 17.5 Å². The molecule has 0 amide bonds. The Labute approximate surface area is 160 Å². The van der Waals surface area contributed by atoms with E-state index in [0.29, 0.717) is 31.2 Å². The monoisotopic (exact) mass is 374 g/mol. The Kier molecular flexibility index (Phi) is 6.58. The van der Waals surface area contributed by atoms with Gasteiger partial charge in [-0.15, -0.1) is 0 Å². The standard InChI is InChI=1S/C22H27FO4/c1-6-16-17(7-2)22(8-3,9-4)27-21(25)19(16)18(20(24)26-5)14-10-12-15(23)13-11-14/h10-13H,6-9H2,1-5H3/b19-18+. The van der Waals surface area contributed by atoms with Crippen LogP contribution in [0.25, 0.3) is 5.57 Å². The fourth-order valence-electron chi connectivity index (χ4n) is 3.92. The molecule has 0 unspecified atom stereocenters. The number of cyclic esters (lactones) is 1. The van der Waals surface area contributed by atoms with Gasteiger partial charge in [-0.2, -0.15) is 0 Å². The van der Waals surface area contributed by atoms with E-state index in [9.17, 15) is 14.0 Å². The highest BCUT2D eigenvalue weighted by molar-refractivity contribution is 6.24. The van der Waals surface area contributed by atoms with Crippen LogP contribution >= 0.6 is 0 Å². The van der Waals surface area contributed by atoms with Crippen LogP contribution in [-0.2, 0) is 19.1 Å². The zero-order valence-corrected chi connectivity index (χ0v) is 16.6. The van der Waals surface area contributed by atoms with Gasteiger partial charge in [0.05, 0.1) is 18.3 Å². The number of rotatable bonds is 6. The van der Waals surface area contributed by atoms with E-state index < -0.39 is 23.4 Å². The molecule has 1 aromatic carbocycles. The van der Waals surface area contributed by atoms with Gasteiger partial charge in [0.25, 0.3) is 0 Å². The van der Waals surface area contributed by atoms with Gasteiger partial charge in [-0.05, 0) is 54.5 Å².